The van der Waals surface area contributed by atoms with Gasteiger partial charge in [0.15, 0.2) is 5.82 Å². The number of hydrogen-bond donors (Lipinski definition) is 2. The van der Waals surface area contributed by atoms with Crippen LogP contribution >= 0.6 is 0 Å². The van der Waals surface area contributed by atoms with Crippen molar-refractivity contribution in [3.8, 4) is 0 Å². The Morgan fingerprint density at radius 3 is 2.57 bits per heavy atom. The first kappa shape index (κ1) is 16.1. The van der Waals surface area contributed by atoms with Gasteiger partial charge in [-0.15, -0.1) is 0 Å². The summed E-state index contributed by atoms with van der Waals surface area (Å²) in [6, 6.07) is 7.52. The number of hydrogen-bond acceptors (Lipinski definition) is 6. The highest BCUT2D eigenvalue weighted by Gasteiger charge is 2.36. The molecule has 8 heteroatoms. The minimum atomic E-state index is -3.64. The minimum Gasteiger partial charge on any atom is -0.338 e. The molecule has 1 aliphatic rings. The Kier molecular flexibility index (Phi) is 4.22. The van der Waals surface area contributed by atoms with Crippen molar-refractivity contribution in [1.29, 1.82) is 0 Å². The SMILES string of the molecule is CC(NS(=O)(=O)c1ccccc1)c1nc(C2(N)CCCC2)no1. The molecule has 1 aromatic heterocycles. The first-order valence-electron chi connectivity index (χ1n) is 7.61. The Morgan fingerprint density at radius 2 is 1.91 bits per heavy atom. The Labute approximate surface area is 135 Å². The fraction of sp³-hybridized carbons (Fsp3) is 0.467. The number of nitrogens with one attached hydrogen (secondary N) is 1. The second-order valence-corrected chi connectivity index (χ2v) is 7.69. The fourth-order valence-electron chi connectivity index (χ4n) is 2.79. The number of nitrogens with two attached hydrogens (primary N) is 1. The molecule has 0 amide bonds. The predicted octanol–water partition coefficient (Wildman–Crippen LogP) is 1.84. The monoisotopic (exact) mass is 336 g/mol. The van der Waals surface area contributed by atoms with Gasteiger partial charge in [0.1, 0.15) is 0 Å². The van der Waals surface area contributed by atoms with E-state index in [1.54, 1.807) is 25.1 Å². The summed E-state index contributed by atoms with van der Waals surface area (Å²) in [6.45, 7) is 1.66. The molecule has 0 radical (unpaired) electrons. The second-order valence-electron chi connectivity index (χ2n) is 5.98. The maximum absolute atomic E-state index is 12.3. The van der Waals surface area contributed by atoms with Crippen molar-refractivity contribution in [2.75, 3.05) is 0 Å². The molecule has 1 unspecified atom stereocenters. The standard InChI is InChI=1S/C15H20N4O3S/c1-11(19-23(20,21)12-7-3-2-4-8-12)13-17-14(18-22-13)15(16)9-5-6-10-15/h2-4,7-8,11,19H,5-6,9-10,16H2,1H3. The Balaban J connectivity index is 1.76. The van der Waals surface area contributed by atoms with E-state index in [1.807, 2.05) is 0 Å². The third-order valence-electron chi connectivity index (χ3n) is 4.14. The number of sulfonamides is 1. The molecule has 0 spiro atoms. The van der Waals surface area contributed by atoms with Crippen LogP contribution < -0.4 is 10.5 Å². The van der Waals surface area contributed by atoms with Crippen LogP contribution in [0.3, 0.4) is 0 Å². The molecule has 1 saturated carbocycles. The first-order chi connectivity index (χ1) is 10.9. The normalized spacial score (nSPS) is 18.9. The van der Waals surface area contributed by atoms with Crippen LogP contribution in [0.25, 0.3) is 0 Å². The zero-order valence-corrected chi connectivity index (χ0v) is 13.7. The van der Waals surface area contributed by atoms with E-state index in [4.69, 9.17) is 10.3 Å². The minimum absolute atomic E-state index is 0.192. The lowest BCUT2D eigenvalue weighted by molar-refractivity contribution is 0.333. The summed E-state index contributed by atoms with van der Waals surface area (Å²) in [5, 5.41) is 3.95. The summed E-state index contributed by atoms with van der Waals surface area (Å²) in [5.41, 5.74) is 5.73. The average molecular weight is 336 g/mol. The van der Waals surface area contributed by atoms with Crippen molar-refractivity contribution in [3.63, 3.8) is 0 Å². The van der Waals surface area contributed by atoms with Crippen LogP contribution in [0.1, 0.15) is 50.4 Å². The third kappa shape index (κ3) is 3.29. The molecule has 0 saturated heterocycles. The lowest BCUT2D eigenvalue weighted by Crippen LogP contribution is -2.34. The van der Waals surface area contributed by atoms with Gasteiger partial charge in [-0.2, -0.15) is 9.71 Å². The van der Waals surface area contributed by atoms with Crippen LogP contribution in [-0.2, 0) is 15.6 Å². The molecule has 1 fully saturated rings. The van der Waals surface area contributed by atoms with E-state index in [0.29, 0.717) is 5.82 Å². The van der Waals surface area contributed by atoms with Crippen molar-refractivity contribution in [2.24, 2.45) is 5.73 Å². The molecule has 3 N–H and O–H groups in total. The van der Waals surface area contributed by atoms with Gasteiger partial charge in [-0.05, 0) is 31.9 Å². The molecule has 1 atom stereocenters. The molecule has 0 aliphatic heterocycles. The highest BCUT2D eigenvalue weighted by atomic mass is 32.2. The van der Waals surface area contributed by atoms with Gasteiger partial charge in [0, 0.05) is 0 Å². The molecule has 1 heterocycles. The lowest BCUT2D eigenvalue weighted by Gasteiger charge is -2.17. The van der Waals surface area contributed by atoms with Gasteiger partial charge in [-0.25, -0.2) is 8.42 Å². The predicted molar refractivity (Wildman–Crippen MR) is 83.8 cm³/mol. The molecule has 3 rings (SSSR count). The molecule has 23 heavy (non-hydrogen) atoms. The van der Waals surface area contributed by atoms with Crippen LogP contribution in [0, 0.1) is 0 Å². The maximum Gasteiger partial charge on any atom is 0.244 e. The fourth-order valence-corrected chi connectivity index (χ4v) is 4.01. The van der Waals surface area contributed by atoms with Crippen molar-refractivity contribution < 1.29 is 12.9 Å². The van der Waals surface area contributed by atoms with Crippen molar-refractivity contribution >= 4 is 10.0 Å². The molecular formula is C15H20N4O3S. The Bertz CT molecular complexity index is 767. The summed E-state index contributed by atoms with van der Waals surface area (Å²) in [6.07, 6.45) is 3.71. The molecule has 2 aromatic rings. The van der Waals surface area contributed by atoms with E-state index < -0.39 is 21.6 Å². The van der Waals surface area contributed by atoms with Crippen LogP contribution in [-0.4, -0.2) is 18.6 Å². The van der Waals surface area contributed by atoms with Crippen LogP contribution in [0.15, 0.2) is 39.8 Å². The van der Waals surface area contributed by atoms with E-state index in [0.717, 1.165) is 25.7 Å². The van der Waals surface area contributed by atoms with Crippen LogP contribution in [0.2, 0.25) is 0 Å². The summed E-state index contributed by atoms with van der Waals surface area (Å²) >= 11 is 0. The summed E-state index contributed by atoms with van der Waals surface area (Å²) in [5.74, 6) is 0.673. The Morgan fingerprint density at radius 1 is 1.26 bits per heavy atom. The molecule has 1 aliphatic carbocycles. The number of nitrogens with zero attached hydrogens (tertiary/aromatic N) is 2. The van der Waals surface area contributed by atoms with Gasteiger partial charge in [0.05, 0.1) is 16.5 Å². The van der Waals surface area contributed by atoms with Gasteiger partial charge in [-0.3, -0.25) is 0 Å². The molecule has 124 valence electrons. The van der Waals surface area contributed by atoms with E-state index in [-0.39, 0.29) is 10.8 Å². The molecule has 7 nitrogen and oxygen atoms in total. The van der Waals surface area contributed by atoms with E-state index in [1.165, 1.54) is 12.1 Å². The largest absolute Gasteiger partial charge is 0.338 e. The quantitative estimate of drug-likeness (QED) is 0.862. The second kappa shape index (κ2) is 6.03. The number of benzene rings is 1. The lowest BCUT2D eigenvalue weighted by atomic mass is 9.99. The highest BCUT2D eigenvalue weighted by Crippen LogP contribution is 2.34. The van der Waals surface area contributed by atoms with E-state index in [9.17, 15) is 8.42 Å². The highest BCUT2D eigenvalue weighted by molar-refractivity contribution is 7.89. The smallest absolute Gasteiger partial charge is 0.244 e. The van der Waals surface area contributed by atoms with Gasteiger partial charge in [-0.1, -0.05) is 36.2 Å². The van der Waals surface area contributed by atoms with Crippen molar-refractivity contribution in [1.82, 2.24) is 14.9 Å². The zero-order valence-electron chi connectivity index (χ0n) is 12.9. The van der Waals surface area contributed by atoms with Crippen molar-refractivity contribution in [3.05, 3.63) is 42.0 Å². The third-order valence-corrected chi connectivity index (χ3v) is 5.70. The van der Waals surface area contributed by atoms with Gasteiger partial charge < -0.3 is 10.3 Å². The van der Waals surface area contributed by atoms with Gasteiger partial charge in [0.2, 0.25) is 15.9 Å². The topological polar surface area (TPSA) is 111 Å². The van der Waals surface area contributed by atoms with E-state index in [2.05, 4.69) is 14.9 Å². The Hall–Kier alpha value is -1.77. The number of aromatic nitrogens is 2. The van der Waals surface area contributed by atoms with Gasteiger partial charge >= 0.3 is 0 Å². The molecule has 0 bridgehead atoms. The zero-order chi connectivity index (χ0) is 16.5. The van der Waals surface area contributed by atoms with E-state index >= 15 is 0 Å². The maximum atomic E-state index is 12.3. The average Bonchev–Trinajstić information content (AvgIpc) is 3.17. The number of rotatable bonds is 5. The molecule has 1 aromatic carbocycles. The molecular weight excluding hydrogens is 316 g/mol. The summed E-state index contributed by atoms with van der Waals surface area (Å²) < 4.78 is 32.4. The van der Waals surface area contributed by atoms with Gasteiger partial charge in [0.25, 0.3) is 0 Å². The van der Waals surface area contributed by atoms with Crippen LogP contribution in [0.4, 0.5) is 0 Å². The summed E-state index contributed by atoms with van der Waals surface area (Å²) in [4.78, 5) is 4.50. The van der Waals surface area contributed by atoms with Crippen LogP contribution in [0.5, 0.6) is 0 Å². The van der Waals surface area contributed by atoms with Crippen molar-refractivity contribution in [2.45, 2.75) is 49.1 Å². The summed E-state index contributed by atoms with van der Waals surface area (Å²) in [7, 11) is -3.64. The first-order valence-corrected chi connectivity index (χ1v) is 9.09.